The molecule has 0 bridgehead atoms. The van der Waals surface area contributed by atoms with Crippen LogP contribution in [0.5, 0.6) is 0 Å². The average Bonchev–Trinajstić information content (AvgIpc) is 3.91. The Morgan fingerprint density at radius 3 is 1.68 bits per heavy atom. The van der Waals surface area contributed by atoms with Crippen molar-refractivity contribution in [2.24, 2.45) is 0 Å². The van der Waals surface area contributed by atoms with Crippen LogP contribution in [-0.2, 0) is 27.1 Å². The first-order valence-electron chi connectivity index (χ1n) is 28.4. The van der Waals surface area contributed by atoms with Crippen molar-refractivity contribution in [3.05, 3.63) is 203 Å². The Hall–Kier alpha value is -7.24. The van der Waals surface area contributed by atoms with Gasteiger partial charge >= 0.3 is 0 Å². The van der Waals surface area contributed by atoms with Crippen molar-refractivity contribution in [1.82, 2.24) is 0 Å². The van der Waals surface area contributed by atoms with Crippen molar-refractivity contribution in [2.75, 3.05) is 14.7 Å². The number of rotatable bonds is 6. The minimum absolute atomic E-state index is 0.0210. The van der Waals surface area contributed by atoms with Crippen molar-refractivity contribution < 1.29 is 4.42 Å². The molecule has 0 fully saturated rings. The van der Waals surface area contributed by atoms with Gasteiger partial charge in [0.2, 0.25) is 0 Å². The number of furan rings is 1. The van der Waals surface area contributed by atoms with Gasteiger partial charge in [0.1, 0.15) is 11.3 Å². The van der Waals surface area contributed by atoms with Crippen molar-refractivity contribution in [3.63, 3.8) is 0 Å². The molecule has 0 saturated heterocycles. The van der Waals surface area contributed by atoms with Crippen LogP contribution in [0, 0.1) is 13.8 Å². The van der Waals surface area contributed by atoms with Gasteiger partial charge in [-0.05, 0) is 213 Å². The molecule has 0 spiro atoms. The number of nitrogens with zero attached hydrogens (tertiary/aromatic N) is 3. The molecule has 0 radical (unpaired) electrons. The zero-order valence-corrected chi connectivity index (χ0v) is 47.7. The summed E-state index contributed by atoms with van der Waals surface area (Å²) >= 11 is 0. The number of para-hydroxylation sites is 3. The Bertz CT molecular complexity index is 3790. The maximum Gasteiger partial charge on any atom is 0.252 e. The molecule has 13 rings (SSSR count). The van der Waals surface area contributed by atoms with E-state index in [-0.39, 0.29) is 33.8 Å². The lowest BCUT2D eigenvalue weighted by Gasteiger charge is -2.48. The second kappa shape index (κ2) is 17.1. The van der Waals surface area contributed by atoms with Gasteiger partial charge in [0.25, 0.3) is 6.71 Å². The SMILES string of the molecule is Cc1cccc(C)c1N1c2cc(N(c3ccccc3)c3ccc(-c4cc5ccccc5o4)cc3)ccc2B2c3cc4c(cc3N(c3ccc5c(c3)C(C)(C)CCC5(C)C)c3cc(C(C)(C)C)cc1c32)C(C)(C)CCC4(C)C. The van der Waals surface area contributed by atoms with E-state index in [1.54, 1.807) is 0 Å². The van der Waals surface area contributed by atoms with Gasteiger partial charge in [0.15, 0.2) is 0 Å². The minimum Gasteiger partial charge on any atom is -0.456 e. The first kappa shape index (κ1) is 49.3. The molecule has 0 N–H and O–H groups in total. The summed E-state index contributed by atoms with van der Waals surface area (Å²) in [6.45, 7) is 31.5. The van der Waals surface area contributed by atoms with E-state index in [0.29, 0.717) is 0 Å². The molecule has 8 aromatic carbocycles. The second-order valence-corrected chi connectivity index (χ2v) is 26.9. The summed E-state index contributed by atoms with van der Waals surface area (Å²) in [4.78, 5) is 7.80. The van der Waals surface area contributed by atoms with Crippen LogP contribution in [0.3, 0.4) is 0 Å². The normalized spacial score (nSPS) is 17.3. The van der Waals surface area contributed by atoms with Crippen LogP contribution in [0.15, 0.2) is 168 Å². The van der Waals surface area contributed by atoms with Gasteiger partial charge in [0, 0.05) is 56.4 Å². The van der Waals surface area contributed by atoms with Crippen molar-refractivity contribution >= 4 is 85.3 Å². The van der Waals surface area contributed by atoms with E-state index >= 15 is 0 Å². The lowest BCUT2D eigenvalue weighted by Crippen LogP contribution is -2.62. The van der Waals surface area contributed by atoms with E-state index in [1.165, 1.54) is 102 Å². The largest absolute Gasteiger partial charge is 0.456 e. The topological polar surface area (TPSA) is 22.9 Å². The van der Waals surface area contributed by atoms with E-state index < -0.39 is 0 Å². The average molecular weight is 1010 g/mol. The maximum absolute atomic E-state index is 6.38. The molecule has 4 aliphatic rings. The summed E-state index contributed by atoms with van der Waals surface area (Å²) in [5.74, 6) is 0.869. The van der Waals surface area contributed by atoms with E-state index in [2.05, 4.69) is 256 Å². The van der Waals surface area contributed by atoms with E-state index in [1.807, 2.05) is 12.1 Å². The molecule has 2 aliphatic carbocycles. The standard InChI is InChI=1S/C72H74BN3O/c1-45-20-19-21-46(2)67(45)76-60-42-53(74(50-23-15-14-16-24-50)51-28-26-47(27-29-51)65-38-48-22-17-18-25-64(48)77-65)31-33-58(60)73-59-43-56-57(72(12,13)37-36-71(56,10)11)44-61(59)75(62-39-49(68(3,4)5)40-63(76)66(62)73)52-30-32-54-55(41-52)70(8,9)35-34-69(54,6)7/h14-33,38-44H,34-37H2,1-13H3. The Kier molecular flexibility index (Phi) is 11.0. The molecule has 5 heteroatoms. The van der Waals surface area contributed by atoms with Gasteiger partial charge < -0.3 is 19.1 Å². The Morgan fingerprint density at radius 2 is 1.03 bits per heavy atom. The van der Waals surface area contributed by atoms with Gasteiger partial charge in [-0.3, -0.25) is 0 Å². The first-order chi connectivity index (χ1) is 36.6. The molecular weight excluding hydrogens is 934 g/mol. The molecule has 77 heavy (non-hydrogen) atoms. The maximum atomic E-state index is 6.38. The smallest absolute Gasteiger partial charge is 0.252 e. The summed E-state index contributed by atoms with van der Waals surface area (Å²) in [6, 6.07) is 62.4. The number of benzene rings is 8. The minimum atomic E-state index is -0.149. The highest BCUT2D eigenvalue weighted by Gasteiger charge is 2.48. The molecule has 0 atom stereocenters. The lowest BCUT2D eigenvalue weighted by atomic mass is 9.33. The van der Waals surface area contributed by atoms with Gasteiger partial charge in [0.05, 0.1) is 5.69 Å². The highest BCUT2D eigenvalue weighted by atomic mass is 16.3. The summed E-state index contributed by atoms with van der Waals surface area (Å²) in [5, 5.41) is 1.11. The Labute approximate surface area is 458 Å². The molecule has 2 aliphatic heterocycles. The second-order valence-electron chi connectivity index (χ2n) is 26.9. The number of hydrogen-bond acceptors (Lipinski definition) is 4. The van der Waals surface area contributed by atoms with Crippen molar-refractivity contribution in [2.45, 2.75) is 143 Å². The third kappa shape index (κ3) is 7.84. The fourth-order valence-corrected chi connectivity index (χ4v) is 13.9. The molecule has 1 aromatic heterocycles. The Morgan fingerprint density at radius 1 is 0.468 bits per heavy atom. The summed E-state index contributed by atoms with van der Waals surface area (Å²) in [5.41, 5.74) is 26.7. The molecule has 386 valence electrons. The zero-order valence-electron chi connectivity index (χ0n) is 47.7. The monoisotopic (exact) mass is 1010 g/mol. The molecule has 9 aromatic rings. The predicted molar refractivity (Wildman–Crippen MR) is 329 cm³/mol. The third-order valence-electron chi connectivity index (χ3n) is 18.8. The van der Waals surface area contributed by atoms with Crippen LogP contribution in [0.4, 0.5) is 51.2 Å². The van der Waals surface area contributed by atoms with Crippen LogP contribution < -0.4 is 31.1 Å². The van der Waals surface area contributed by atoms with Gasteiger partial charge in [-0.25, -0.2) is 0 Å². The fourth-order valence-electron chi connectivity index (χ4n) is 13.9. The number of aryl methyl sites for hydroxylation is 2. The summed E-state index contributed by atoms with van der Waals surface area (Å²) in [7, 11) is 0. The fraction of sp³-hybridized carbons (Fsp3) is 0.306. The van der Waals surface area contributed by atoms with Crippen molar-refractivity contribution in [1.29, 1.82) is 0 Å². The van der Waals surface area contributed by atoms with Gasteiger partial charge in [-0.1, -0.05) is 149 Å². The van der Waals surface area contributed by atoms with Crippen LogP contribution >= 0.6 is 0 Å². The first-order valence-corrected chi connectivity index (χ1v) is 28.4. The highest BCUT2D eigenvalue weighted by Crippen LogP contribution is 2.54. The number of hydrogen-bond donors (Lipinski definition) is 0. The molecule has 3 heterocycles. The van der Waals surface area contributed by atoms with Crippen LogP contribution in [0.25, 0.3) is 22.3 Å². The predicted octanol–water partition coefficient (Wildman–Crippen LogP) is 18.3. The van der Waals surface area contributed by atoms with E-state index in [4.69, 9.17) is 4.42 Å². The zero-order chi connectivity index (χ0) is 53.7. The molecular formula is C72H74BN3O. The van der Waals surface area contributed by atoms with Gasteiger partial charge in [-0.15, -0.1) is 0 Å². The quantitative estimate of drug-likeness (QED) is 0.155. The van der Waals surface area contributed by atoms with Crippen LogP contribution in [0.1, 0.15) is 141 Å². The van der Waals surface area contributed by atoms with Gasteiger partial charge in [-0.2, -0.15) is 0 Å². The molecule has 0 amide bonds. The van der Waals surface area contributed by atoms with E-state index in [0.717, 1.165) is 52.2 Å². The molecule has 0 saturated carbocycles. The van der Waals surface area contributed by atoms with Crippen LogP contribution in [0.2, 0.25) is 0 Å². The van der Waals surface area contributed by atoms with Crippen LogP contribution in [-0.4, -0.2) is 6.71 Å². The molecule has 4 nitrogen and oxygen atoms in total. The lowest BCUT2D eigenvalue weighted by molar-refractivity contribution is 0.332. The number of anilines is 9. The third-order valence-corrected chi connectivity index (χ3v) is 18.8. The highest BCUT2D eigenvalue weighted by molar-refractivity contribution is 7.00. The van der Waals surface area contributed by atoms with Crippen molar-refractivity contribution in [3.8, 4) is 11.3 Å². The van der Waals surface area contributed by atoms with E-state index in [9.17, 15) is 0 Å². The number of fused-ring (bicyclic) bond motifs is 7. The molecule has 0 unspecified atom stereocenters. The summed E-state index contributed by atoms with van der Waals surface area (Å²) < 4.78 is 6.38. The summed E-state index contributed by atoms with van der Waals surface area (Å²) in [6.07, 6.45) is 4.66. The Balaban J connectivity index is 1.10.